The van der Waals surface area contributed by atoms with Gasteiger partial charge >= 0.3 is 0 Å². The summed E-state index contributed by atoms with van der Waals surface area (Å²) in [5.41, 5.74) is 0. The third-order valence-corrected chi connectivity index (χ3v) is 6.44. The summed E-state index contributed by atoms with van der Waals surface area (Å²) < 4.78 is 23.1. The van der Waals surface area contributed by atoms with Crippen molar-refractivity contribution in [1.29, 1.82) is 0 Å². The van der Waals surface area contributed by atoms with E-state index in [1.54, 1.807) is 0 Å². The normalized spacial score (nSPS) is 40.8. The van der Waals surface area contributed by atoms with E-state index in [0.29, 0.717) is 18.0 Å². The molecule has 20 heavy (non-hydrogen) atoms. The van der Waals surface area contributed by atoms with Crippen molar-refractivity contribution >= 4 is 9.84 Å². The summed E-state index contributed by atoms with van der Waals surface area (Å²) in [5.74, 6) is 0.912. The minimum absolute atomic E-state index is 0.0224. The van der Waals surface area contributed by atoms with Crippen LogP contribution in [0.3, 0.4) is 0 Å². The molecule has 0 aromatic heterocycles. The average molecular weight is 298 g/mol. The van der Waals surface area contributed by atoms with Crippen molar-refractivity contribution in [2.75, 3.05) is 12.3 Å². The van der Waals surface area contributed by atoms with E-state index in [4.69, 9.17) is 0 Å². The van der Waals surface area contributed by atoms with Gasteiger partial charge in [0.25, 0.3) is 0 Å². The number of rotatable bonds is 3. The highest BCUT2D eigenvalue weighted by Crippen LogP contribution is 2.31. The molecule has 0 amide bonds. The van der Waals surface area contributed by atoms with E-state index in [0.717, 1.165) is 6.54 Å². The van der Waals surface area contributed by atoms with Crippen molar-refractivity contribution in [2.24, 2.45) is 5.92 Å². The Labute approximate surface area is 122 Å². The van der Waals surface area contributed by atoms with E-state index in [1.807, 2.05) is 6.08 Å². The fraction of sp³-hybridized carbons (Fsp3) is 0.867. The van der Waals surface area contributed by atoms with E-state index in [9.17, 15) is 8.42 Å². The molecule has 1 aliphatic carbocycles. The molecular formula is C15H26N2O2S. The molecule has 5 heteroatoms. The van der Waals surface area contributed by atoms with Gasteiger partial charge in [-0.2, -0.15) is 0 Å². The van der Waals surface area contributed by atoms with Gasteiger partial charge < -0.3 is 10.6 Å². The first-order chi connectivity index (χ1) is 9.64. The van der Waals surface area contributed by atoms with Crippen molar-refractivity contribution in [3.8, 4) is 0 Å². The van der Waals surface area contributed by atoms with E-state index in [2.05, 4.69) is 10.6 Å². The van der Waals surface area contributed by atoms with Gasteiger partial charge in [-0.25, -0.2) is 8.42 Å². The summed E-state index contributed by atoms with van der Waals surface area (Å²) >= 11 is 0. The predicted molar refractivity (Wildman–Crippen MR) is 81.2 cm³/mol. The van der Waals surface area contributed by atoms with Crippen LogP contribution in [0.25, 0.3) is 0 Å². The molecule has 114 valence electrons. The fourth-order valence-electron chi connectivity index (χ4n) is 4.05. The lowest BCUT2D eigenvalue weighted by Gasteiger charge is -2.40. The van der Waals surface area contributed by atoms with Crippen molar-refractivity contribution in [2.45, 2.75) is 63.1 Å². The van der Waals surface area contributed by atoms with Crippen molar-refractivity contribution in [1.82, 2.24) is 10.6 Å². The number of piperidine rings is 1. The molecule has 2 N–H and O–H groups in total. The van der Waals surface area contributed by atoms with Crippen LogP contribution in [0.5, 0.6) is 0 Å². The van der Waals surface area contributed by atoms with Gasteiger partial charge in [-0.15, -0.1) is 0 Å². The van der Waals surface area contributed by atoms with Crippen LogP contribution in [-0.2, 0) is 9.84 Å². The highest BCUT2D eigenvalue weighted by molar-refractivity contribution is 7.94. The Hall–Kier alpha value is -0.390. The van der Waals surface area contributed by atoms with Crippen LogP contribution in [0.15, 0.2) is 11.5 Å². The topological polar surface area (TPSA) is 58.2 Å². The van der Waals surface area contributed by atoms with Crippen molar-refractivity contribution in [3.63, 3.8) is 0 Å². The maximum absolute atomic E-state index is 11.5. The number of hydrogen-bond donors (Lipinski definition) is 2. The highest BCUT2D eigenvalue weighted by atomic mass is 32.2. The third-order valence-electron chi connectivity index (χ3n) is 5.04. The van der Waals surface area contributed by atoms with Gasteiger partial charge in [0.15, 0.2) is 9.84 Å². The lowest BCUT2D eigenvalue weighted by atomic mass is 9.77. The molecule has 0 spiro atoms. The van der Waals surface area contributed by atoms with Crippen molar-refractivity contribution in [3.05, 3.63) is 11.5 Å². The summed E-state index contributed by atoms with van der Waals surface area (Å²) in [4.78, 5) is 0. The van der Waals surface area contributed by atoms with Gasteiger partial charge in [0.2, 0.25) is 0 Å². The average Bonchev–Trinajstić information content (AvgIpc) is 2.79. The second-order valence-electron chi connectivity index (χ2n) is 6.54. The summed E-state index contributed by atoms with van der Waals surface area (Å²) in [5, 5.41) is 8.67. The maximum atomic E-state index is 11.5. The SMILES string of the molecule is O=S1(=O)C=CC(NC2CCCCC2C2CCCCN2)C1. The first-order valence-corrected chi connectivity index (χ1v) is 9.76. The van der Waals surface area contributed by atoms with Crippen LogP contribution >= 0.6 is 0 Å². The van der Waals surface area contributed by atoms with E-state index in [-0.39, 0.29) is 11.8 Å². The zero-order chi connectivity index (χ0) is 14.0. The Morgan fingerprint density at radius 1 is 1.05 bits per heavy atom. The molecule has 4 nitrogen and oxygen atoms in total. The zero-order valence-electron chi connectivity index (χ0n) is 12.1. The molecule has 0 bridgehead atoms. The first-order valence-electron chi connectivity index (χ1n) is 8.04. The molecule has 3 rings (SSSR count). The molecule has 3 aliphatic rings. The Balaban J connectivity index is 1.62. The van der Waals surface area contributed by atoms with Gasteiger partial charge in [0, 0.05) is 23.5 Å². The Kier molecular flexibility index (Phi) is 4.48. The third kappa shape index (κ3) is 3.43. The number of hydrogen-bond acceptors (Lipinski definition) is 4. The summed E-state index contributed by atoms with van der Waals surface area (Å²) in [6.45, 7) is 1.14. The molecule has 4 atom stereocenters. The second kappa shape index (κ2) is 6.16. The molecule has 0 aromatic carbocycles. The highest BCUT2D eigenvalue weighted by Gasteiger charge is 2.34. The van der Waals surface area contributed by atoms with E-state index >= 15 is 0 Å². The molecule has 0 radical (unpaired) electrons. The smallest absolute Gasteiger partial charge is 0.173 e. The van der Waals surface area contributed by atoms with Crippen LogP contribution in [0.2, 0.25) is 0 Å². The van der Waals surface area contributed by atoms with Crippen LogP contribution in [0.4, 0.5) is 0 Å². The molecule has 2 heterocycles. The van der Waals surface area contributed by atoms with Gasteiger partial charge in [0.1, 0.15) is 0 Å². The zero-order valence-corrected chi connectivity index (χ0v) is 12.9. The molecule has 0 aromatic rings. The Bertz CT molecular complexity index is 454. The molecule has 2 aliphatic heterocycles. The van der Waals surface area contributed by atoms with Gasteiger partial charge in [-0.05, 0) is 38.1 Å². The van der Waals surface area contributed by atoms with Gasteiger partial charge in [-0.1, -0.05) is 25.3 Å². The summed E-state index contributed by atoms with van der Waals surface area (Å²) in [7, 11) is -2.95. The monoisotopic (exact) mass is 298 g/mol. The first kappa shape index (κ1) is 14.5. The quantitative estimate of drug-likeness (QED) is 0.831. The number of sulfone groups is 1. The fourth-order valence-corrected chi connectivity index (χ4v) is 5.29. The van der Waals surface area contributed by atoms with E-state index < -0.39 is 9.84 Å². The predicted octanol–water partition coefficient (Wildman–Crippen LogP) is 1.59. The summed E-state index contributed by atoms with van der Waals surface area (Å²) in [6.07, 6.45) is 10.8. The van der Waals surface area contributed by atoms with E-state index in [1.165, 1.54) is 50.4 Å². The minimum atomic E-state index is -2.95. The minimum Gasteiger partial charge on any atom is -0.314 e. The van der Waals surface area contributed by atoms with Gasteiger partial charge in [-0.3, -0.25) is 0 Å². The Morgan fingerprint density at radius 3 is 2.55 bits per heavy atom. The Morgan fingerprint density at radius 2 is 1.85 bits per heavy atom. The molecule has 2 fully saturated rings. The van der Waals surface area contributed by atoms with Gasteiger partial charge in [0.05, 0.1) is 5.75 Å². The largest absolute Gasteiger partial charge is 0.314 e. The van der Waals surface area contributed by atoms with Crippen LogP contribution in [0, 0.1) is 5.92 Å². The van der Waals surface area contributed by atoms with Crippen LogP contribution in [-0.4, -0.2) is 38.8 Å². The molecular weight excluding hydrogens is 272 g/mol. The molecule has 1 saturated heterocycles. The second-order valence-corrected chi connectivity index (χ2v) is 8.47. The molecule has 1 saturated carbocycles. The lowest BCUT2D eigenvalue weighted by molar-refractivity contribution is 0.178. The standard InChI is InChI=1S/C15H26N2O2S/c18-20(19)10-8-12(11-20)17-15-7-2-1-5-13(15)14-6-3-4-9-16-14/h8,10,12-17H,1-7,9,11H2. The number of nitrogens with one attached hydrogen (secondary N) is 2. The van der Waals surface area contributed by atoms with Crippen molar-refractivity contribution < 1.29 is 8.42 Å². The van der Waals surface area contributed by atoms with Crippen LogP contribution < -0.4 is 10.6 Å². The lowest BCUT2D eigenvalue weighted by Crippen LogP contribution is -2.52. The molecule has 4 unspecified atom stereocenters. The maximum Gasteiger partial charge on any atom is 0.173 e. The van der Waals surface area contributed by atoms with Crippen LogP contribution in [0.1, 0.15) is 44.9 Å². The summed E-state index contributed by atoms with van der Waals surface area (Å²) in [6, 6.07) is 1.13.